The molecule has 0 amide bonds. The van der Waals surface area contributed by atoms with E-state index in [1.165, 1.54) is 0 Å². The first-order valence-electron chi connectivity index (χ1n) is 4.77. The topological polar surface area (TPSA) is 73.1 Å². The summed E-state index contributed by atoms with van der Waals surface area (Å²) in [5.41, 5.74) is 0.0286. The van der Waals surface area contributed by atoms with E-state index >= 15 is 0 Å². The largest absolute Gasteiger partial charge is 0.481 e. The van der Waals surface area contributed by atoms with Gasteiger partial charge in [0.15, 0.2) is 0 Å². The number of carbonyl (C=O) groups is 1. The van der Waals surface area contributed by atoms with Crippen LogP contribution in [-0.4, -0.2) is 24.2 Å². The van der Waals surface area contributed by atoms with Gasteiger partial charge < -0.3 is 10.4 Å². The molecule has 0 aromatic rings. The number of hydrogen-bond donors (Lipinski definition) is 2. The Morgan fingerprint density at radius 2 is 2.14 bits per heavy atom. The van der Waals surface area contributed by atoms with Crippen LogP contribution >= 0.6 is 0 Å². The van der Waals surface area contributed by atoms with E-state index < -0.39 is 5.97 Å². The van der Waals surface area contributed by atoms with Gasteiger partial charge in [-0.1, -0.05) is 13.8 Å². The monoisotopic (exact) mass is 198 g/mol. The average Bonchev–Trinajstić information content (AvgIpc) is 2.10. The highest BCUT2D eigenvalue weighted by molar-refractivity contribution is 5.66. The lowest BCUT2D eigenvalue weighted by molar-refractivity contribution is -0.137. The summed E-state index contributed by atoms with van der Waals surface area (Å²) in [5, 5.41) is 19.8. The summed E-state index contributed by atoms with van der Waals surface area (Å²) in [7, 11) is 0. The molecule has 0 heterocycles. The molecule has 0 fully saturated rings. The summed E-state index contributed by atoms with van der Waals surface area (Å²) < 4.78 is 0. The van der Waals surface area contributed by atoms with E-state index in [1.807, 2.05) is 19.9 Å². The van der Waals surface area contributed by atoms with E-state index in [4.69, 9.17) is 10.4 Å². The predicted octanol–water partition coefficient (Wildman–Crippen LogP) is 1.38. The fourth-order valence-electron chi connectivity index (χ4n) is 1.14. The van der Waals surface area contributed by atoms with Gasteiger partial charge >= 0.3 is 5.97 Å². The molecule has 0 rings (SSSR count). The first kappa shape index (κ1) is 12.9. The van der Waals surface area contributed by atoms with Crippen molar-refractivity contribution in [1.29, 1.82) is 5.26 Å². The highest BCUT2D eigenvalue weighted by Gasteiger charge is 2.18. The summed E-state index contributed by atoms with van der Waals surface area (Å²) in [6, 6.07) is 2.00. The summed E-state index contributed by atoms with van der Waals surface area (Å²) >= 11 is 0. The van der Waals surface area contributed by atoms with Crippen LogP contribution in [0.25, 0.3) is 0 Å². The van der Waals surface area contributed by atoms with Crippen molar-refractivity contribution in [2.24, 2.45) is 5.41 Å². The Bertz CT molecular complexity index is 219. The Kier molecular flexibility index (Phi) is 5.89. The lowest BCUT2D eigenvalue weighted by Gasteiger charge is -2.23. The van der Waals surface area contributed by atoms with Gasteiger partial charge in [-0.05, 0) is 24.8 Å². The second-order valence-corrected chi connectivity index (χ2v) is 4.14. The van der Waals surface area contributed by atoms with E-state index in [0.717, 1.165) is 13.0 Å². The Balaban J connectivity index is 3.61. The quantitative estimate of drug-likeness (QED) is 0.479. The molecule has 0 spiro atoms. The molecule has 2 N–H and O–H groups in total. The number of aliphatic carboxylic acids is 1. The number of nitriles is 1. The van der Waals surface area contributed by atoms with Gasteiger partial charge in [-0.2, -0.15) is 5.26 Å². The van der Waals surface area contributed by atoms with Crippen LogP contribution < -0.4 is 5.32 Å². The van der Waals surface area contributed by atoms with Crippen LogP contribution in [0, 0.1) is 16.7 Å². The van der Waals surface area contributed by atoms with Crippen LogP contribution in [-0.2, 0) is 4.79 Å². The molecule has 0 bridgehead atoms. The fraction of sp³-hybridized carbons (Fsp3) is 0.800. The zero-order valence-electron chi connectivity index (χ0n) is 8.84. The minimum atomic E-state index is -0.747. The minimum Gasteiger partial charge on any atom is -0.481 e. The molecule has 0 saturated carbocycles. The highest BCUT2D eigenvalue weighted by Crippen LogP contribution is 2.25. The predicted molar refractivity (Wildman–Crippen MR) is 53.8 cm³/mol. The van der Waals surface area contributed by atoms with Crippen molar-refractivity contribution in [2.75, 3.05) is 13.1 Å². The molecule has 0 radical (unpaired) electrons. The zero-order valence-corrected chi connectivity index (χ0v) is 8.84. The molecule has 14 heavy (non-hydrogen) atoms. The molecular formula is C10H18N2O2. The molecule has 0 aliphatic carbocycles. The van der Waals surface area contributed by atoms with Crippen LogP contribution in [0.3, 0.4) is 0 Å². The molecule has 0 aliphatic rings. The molecule has 0 aromatic carbocycles. The molecule has 0 aliphatic heterocycles. The summed E-state index contributed by atoms with van der Waals surface area (Å²) in [5.74, 6) is -0.747. The molecule has 80 valence electrons. The molecular weight excluding hydrogens is 180 g/mol. The second kappa shape index (κ2) is 6.39. The molecule has 0 atom stereocenters. The fourth-order valence-corrected chi connectivity index (χ4v) is 1.14. The number of rotatable bonds is 7. The van der Waals surface area contributed by atoms with Crippen molar-refractivity contribution in [3.63, 3.8) is 0 Å². The van der Waals surface area contributed by atoms with Crippen LogP contribution in [0.15, 0.2) is 0 Å². The van der Waals surface area contributed by atoms with Gasteiger partial charge in [-0.25, -0.2) is 0 Å². The maximum atomic E-state index is 10.4. The lowest BCUT2D eigenvalue weighted by Crippen LogP contribution is -2.23. The third-order valence-corrected chi connectivity index (χ3v) is 2.20. The number of carboxylic acid groups (broad SMARTS) is 1. The van der Waals surface area contributed by atoms with Crippen LogP contribution in [0.5, 0.6) is 0 Å². The van der Waals surface area contributed by atoms with E-state index in [1.54, 1.807) is 0 Å². The van der Waals surface area contributed by atoms with Gasteiger partial charge in [0.2, 0.25) is 0 Å². The van der Waals surface area contributed by atoms with Crippen LogP contribution in [0.4, 0.5) is 0 Å². The van der Waals surface area contributed by atoms with E-state index in [0.29, 0.717) is 13.0 Å². The molecule has 4 nitrogen and oxygen atoms in total. The Morgan fingerprint density at radius 3 is 2.64 bits per heavy atom. The number of nitrogens with one attached hydrogen (secondary N) is 1. The summed E-state index contributed by atoms with van der Waals surface area (Å²) in [6.45, 7) is 5.21. The Hall–Kier alpha value is -1.08. The van der Waals surface area contributed by atoms with E-state index in [2.05, 4.69) is 5.32 Å². The summed E-state index contributed by atoms with van der Waals surface area (Å²) in [4.78, 5) is 10.4. The van der Waals surface area contributed by atoms with Crippen molar-refractivity contribution in [3.8, 4) is 6.07 Å². The lowest BCUT2D eigenvalue weighted by atomic mass is 9.84. The van der Waals surface area contributed by atoms with Crippen LogP contribution in [0.2, 0.25) is 0 Å². The van der Waals surface area contributed by atoms with Crippen molar-refractivity contribution in [3.05, 3.63) is 0 Å². The first-order chi connectivity index (χ1) is 6.48. The molecule has 4 heteroatoms. The van der Waals surface area contributed by atoms with Crippen molar-refractivity contribution in [2.45, 2.75) is 33.1 Å². The van der Waals surface area contributed by atoms with Crippen molar-refractivity contribution >= 4 is 5.97 Å². The third-order valence-electron chi connectivity index (χ3n) is 2.20. The normalized spacial score (nSPS) is 10.9. The van der Waals surface area contributed by atoms with Gasteiger partial charge in [0.1, 0.15) is 0 Å². The third kappa shape index (κ3) is 7.56. The first-order valence-corrected chi connectivity index (χ1v) is 4.77. The van der Waals surface area contributed by atoms with Gasteiger partial charge in [-0.15, -0.1) is 0 Å². The van der Waals surface area contributed by atoms with Crippen molar-refractivity contribution in [1.82, 2.24) is 5.32 Å². The van der Waals surface area contributed by atoms with Gasteiger partial charge in [0.05, 0.1) is 12.6 Å². The van der Waals surface area contributed by atoms with Gasteiger partial charge in [0, 0.05) is 6.42 Å². The second-order valence-electron chi connectivity index (χ2n) is 4.14. The van der Waals surface area contributed by atoms with E-state index in [-0.39, 0.29) is 11.8 Å². The highest BCUT2D eigenvalue weighted by atomic mass is 16.4. The minimum absolute atomic E-state index is 0.0286. The van der Waals surface area contributed by atoms with Crippen LogP contribution in [0.1, 0.15) is 33.1 Å². The maximum absolute atomic E-state index is 10.4. The standard InChI is InChI=1S/C10H18N2O2/c1-10(2,4-3-9(13)14)5-7-12-8-6-11/h12H,3-5,7-8H2,1-2H3,(H,13,14). The van der Waals surface area contributed by atoms with E-state index in [9.17, 15) is 4.79 Å². The maximum Gasteiger partial charge on any atom is 0.303 e. The summed E-state index contributed by atoms with van der Waals surface area (Å²) in [6.07, 6.45) is 1.78. The smallest absolute Gasteiger partial charge is 0.303 e. The van der Waals surface area contributed by atoms with Gasteiger partial charge in [-0.3, -0.25) is 4.79 Å². The molecule has 0 saturated heterocycles. The number of hydrogen-bond acceptors (Lipinski definition) is 3. The molecule has 0 aromatic heterocycles. The Morgan fingerprint density at radius 1 is 1.50 bits per heavy atom. The Labute approximate surface area is 84.9 Å². The molecule has 0 unspecified atom stereocenters. The zero-order chi connectivity index (χ0) is 11.0. The average molecular weight is 198 g/mol. The SMILES string of the molecule is CC(C)(CCNCC#N)CCC(=O)O. The van der Waals surface area contributed by atoms with Crippen molar-refractivity contribution < 1.29 is 9.90 Å². The number of carboxylic acids is 1. The number of nitrogens with zero attached hydrogens (tertiary/aromatic N) is 1. The van der Waals surface area contributed by atoms with Gasteiger partial charge in [0.25, 0.3) is 0 Å².